The minimum absolute atomic E-state index is 0.136. The van der Waals surface area contributed by atoms with Gasteiger partial charge in [-0.25, -0.2) is 0 Å². The van der Waals surface area contributed by atoms with E-state index in [1.54, 1.807) is 6.07 Å². The Morgan fingerprint density at radius 3 is 2.35 bits per heavy atom. The lowest BCUT2D eigenvalue weighted by molar-refractivity contribution is -0.130. The summed E-state index contributed by atoms with van der Waals surface area (Å²) < 4.78 is 0. The molecule has 1 aliphatic heterocycles. The number of aromatic nitrogens is 2. The molecule has 2 N–H and O–H groups in total. The van der Waals surface area contributed by atoms with E-state index in [0.717, 1.165) is 24.5 Å². The summed E-state index contributed by atoms with van der Waals surface area (Å²) in [6.07, 6.45) is 0.404. The van der Waals surface area contributed by atoms with Crippen LogP contribution < -0.4 is 10.6 Å². The molecule has 0 bridgehead atoms. The highest BCUT2D eigenvalue weighted by Crippen LogP contribution is 2.15. The van der Waals surface area contributed by atoms with E-state index in [1.165, 1.54) is 0 Å². The number of hydrogen-bond acceptors (Lipinski definition) is 5. The summed E-state index contributed by atoms with van der Waals surface area (Å²) in [6.45, 7) is 2.84. The number of carbonyl (C=O) groups excluding carboxylic acids is 1. The maximum Gasteiger partial charge on any atom is 0.227 e. The summed E-state index contributed by atoms with van der Waals surface area (Å²) in [6, 6.07) is 11.0. The van der Waals surface area contributed by atoms with Gasteiger partial charge >= 0.3 is 0 Å². The molecule has 120 valence electrons. The third kappa shape index (κ3) is 3.90. The van der Waals surface area contributed by atoms with Gasteiger partial charge in [-0.05, 0) is 29.8 Å². The summed E-state index contributed by atoms with van der Waals surface area (Å²) in [5, 5.41) is 8.31. The molecule has 6 nitrogen and oxygen atoms in total. The molecule has 1 fully saturated rings. The molecule has 0 spiro atoms. The van der Waals surface area contributed by atoms with E-state index < -0.39 is 0 Å². The van der Waals surface area contributed by atoms with Crippen molar-refractivity contribution in [2.45, 2.75) is 6.42 Å². The van der Waals surface area contributed by atoms with Gasteiger partial charge in [0.05, 0.1) is 6.42 Å². The first-order valence-electron chi connectivity index (χ1n) is 7.48. The predicted molar refractivity (Wildman–Crippen MR) is 90.4 cm³/mol. The number of nitrogen functional groups attached to an aromatic ring is 1. The molecule has 0 atom stereocenters. The van der Waals surface area contributed by atoms with Crippen molar-refractivity contribution in [1.82, 2.24) is 15.1 Å². The fourth-order valence-electron chi connectivity index (χ4n) is 2.58. The SMILES string of the molecule is Nc1ccc(CC(=O)N2CCN(c3ccc(Cl)nn3)CC2)cc1. The molecule has 0 saturated carbocycles. The summed E-state index contributed by atoms with van der Waals surface area (Å²) in [7, 11) is 0. The van der Waals surface area contributed by atoms with Crippen molar-refractivity contribution in [2.75, 3.05) is 36.8 Å². The molecule has 7 heteroatoms. The quantitative estimate of drug-likeness (QED) is 0.865. The van der Waals surface area contributed by atoms with Crippen molar-refractivity contribution in [3.05, 3.63) is 47.1 Å². The Kier molecular flexibility index (Phi) is 4.62. The van der Waals surface area contributed by atoms with Crippen LogP contribution in [0.5, 0.6) is 0 Å². The lowest BCUT2D eigenvalue weighted by atomic mass is 10.1. The lowest BCUT2D eigenvalue weighted by Gasteiger charge is -2.35. The molecule has 1 aliphatic rings. The number of carbonyl (C=O) groups is 1. The summed E-state index contributed by atoms with van der Waals surface area (Å²) in [5.41, 5.74) is 7.35. The van der Waals surface area contributed by atoms with Crippen molar-refractivity contribution in [2.24, 2.45) is 0 Å². The van der Waals surface area contributed by atoms with Crippen molar-refractivity contribution >= 4 is 29.0 Å². The van der Waals surface area contributed by atoms with Crippen LogP contribution in [0.3, 0.4) is 0 Å². The number of hydrogen-bond donors (Lipinski definition) is 1. The fraction of sp³-hybridized carbons (Fsp3) is 0.312. The molecule has 1 aromatic heterocycles. The first-order valence-corrected chi connectivity index (χ1v) is 7.86. The number of rotatable bonds is 3. The molecular weight excluding hydrogens is 314 g/mol. The summed E-state index contributed by atoms with van der Waals surface area (Å²) in [5.74, 6) is 0.927. The van der Waals surface area contributed by atoms with Crippen LogP contribution in [-0.2, 0) is 11.2 Å². The Labute approximate surface area is 139 Å². The first-order chi connectivity index (χ1) is 11.1. The Morgan fingerprint density at radius 1 is 1.04 bits per heavy atom. The van der Waals surface area contributed by atoms with Crippen molar-refractivity contribution in [1.29, 1.82) is 0 Å². The van der Waals surface area contributed by atoms with Crippen molar-refractivity contribution in [3.8, 4) is 0 Å². The van der Waals surface area contributed by atoms with Crippen LogP contribution in [-0.4, -0.2) is 47.2 Å². The van der Waals surface area contributed by atoms with Crippen LogP contribution >= 0.6 is 11.6 Å². The summed E-state index contributed by atoms with van der Waals surface area (Å²) in [4.78, 5) is 16.4. The molecule has 0 unspecified atom stereocenters. The van der Waals surface area contributed by atoms with Gasteiger partial charge in [0.25, 0.3) is 0 Å². The maximum absolute atomic E-state index is 12.4. The van der Waals surface area contributed by atoms with Gasteiger partial charge < -0.3 is 15.5 Å². The van der Waals surface area contributed by atoms with Gasteiger partial charge in [0.15, 0.2) is 11.0 Å². The average molecular weight is 332 g/mol. The number of benzene rings is 1. The van der Waals surface area contributed by atoms with Gasteiger partial charge in [-0.3, -0.25) is 4.79 Å². The largest absolute Gasteiger partial charge is 0.399 e. The molecule has 2 aromatic rings. The second kappa shape index (κ2) is 6.83. The molecule has 0 radical (unpaired) electrons. The molecule has 0 aliphatic carbocycles. The molecule has 3 rings (SSSR count). The number of nitrogens with two attached hydrogens (primary N) is 1. The van der Waals surface area contributed by atoms with Gasteiger partial charge in [-0.15, -0.1) is 10.2 Å². The highest BCUT2D eigenvalue weighted by atomic mass is 35.5. The number of halogens is 1. The monoisotopic (exact) mass is 331 g/mol. The van der Waals surface area contributed by atoms with Crippen molar-refractivity contribution < 1.29 is 4.79 Å². The van der Waals surface area contributed by atoms with Gasteiger partial charge in [-0.2, -0.15) is 0 Å². The Bertz CT molecular complexity index is 666. The first kappa shape index (κ1) is 15.6. The zero-order valence-electron chi connectivity index (χ0n) is 12.7. The Balaban J connectivity index is 1.54. The second-order valence-corrected chi connectivity index (χ2v) is 5.89. The molecule has 1 aromatic carbocycles. The molecule has 1 saturated heterocycles. The van der Waals surface area contributed by atoms with E-state index in [1.807, 2.05) is 35.2 Å². The van der Waals surface area contributed by atoms with E-state index in [0.29, 0.717) is 30.4 Å². The summed E-state index contributed by atoms with van der Waals surface area (Å²) >= 11 is 5.75. The van der Waals surface area contributed by atoms with Crippen LogP contribution in [0, 0.1) is 0 Å². The minimum Gasteiger partial charge on any atom is -0.399 e. The van der Waals surface area contributed by atoms with Gasteiger partial charge in [0.1, 0.15) is 0 Å². The van der Waals surface area contributed by atoms with Crippen LogP contribution in [0.15, 0.2) is 36.4 Å². The highest BCUT2D eigenvalue weighted by Gasteiger charge is 2.22. The Hall–Kier alpha value is -2.34. The number of nitrogens with zero attached hydrogens (tertiary/aromatic N) is 4. The molecule has 23 heavy (non-hydrogen) atoms. The zero-order chi connectivity index (χ0) is 16.2. The zero-order valence-corrected chi connectivity index (χ0v) is 13.4. The van der Waals surface area contributed by atoms with E-state index in [-0.39, 0.29) is 5.91 Å². The topological polar surface area (TPSA) is 75.4 Å². The van der Waals surface area contributed by atoms with E-state index in [4.69, 9.17) is 17.3 Å². The van der Waals surface area contributed by atoms with Crippen LogP contribution in [0.2, 0.25) is 5.15 Å². The highest BCUT2D eigenvalue weighted by molar-refractivity contribution is 6.29. The number of amides is 1. The standard InChI is InChI=1S/C16H18ClN5O/c17-14-5-6-15(20-19-14)21-7-9-22(10-8-21)16(23)11-12-1-3-13(18)4-2-12/h1-6H,7-11,18H2. The van der Waals surface area contributed by atoms with Gasteiger partial charge in [0.2, 0.25) is 5.91 Å². The van der Waals surface area contributed by atoms with Crippen LogP contribution in [0.1, 0.15) is 5.56 Å². The second-order valence-electron chi connectivity index (χ2n) is 5.50. The molecule has 2 heterocycles. The number of piperazine rings is 1. The third-order valence-electron chi connectivity index (χ3n) is 3.91. The molecular formula is C16H18ClN5O. The van der Waals surface area contributed by atoms with Gasteiger partial charge in [-0.1, -0.05) is 23.7 Å². The van der Waals surface area contributed by atoms with E-state index >= 15 is 0 Å². The smallest absolute Gasteiger partial charge is 0.227 e. The van der Waals surface area contributed by atoms with Crippen LogP contribution in [0.4, 0.5) is 11.5 Å². The third-order valence-corrected chi connectivity index (χ3v) is 4.11. The number of anilines is 2. The minimum atomic E-state index is 0.136. The lowest BCUT2D eigenvalue weighted by Crippen LogP contribution is -2.49. The van der Waals surface area contributed by atoms with E-state index in [2.05, 4.69) is 15.1 Å². The molecule has 1 amide bonds. The van der Waals surface area contributed by atoms with Crippen molar-refractivity contribution in [3.63, 3.8) is 0 Å². The van der Waals surface area contributed by atoms with Gasteiger partial charge in [0, 0.05) is 31.9 Å². The van der Waals surface area contributed by atoms with Crippen LogP contribution in [0.25, 0.3) is 0 Å². The Morgan fingerprint density at radius 2 is 1.74 bits per heavy atom. The fourth-order valence-corrected chi connectivity index (χ4v) is 2.69. The average Bonchev–Trinajstić information content (AvgIpc) is 2.58. The van der Waals surface area contributed by atoms with E-state index in [9.17, 15) is 4.79 Å². The maximum atomic E-state index is 12.4. The predicted octanol–water partition coefficient (Wildman–Crippen LogP) is 1.60. The normalized spacial score (nSPS) is 14.8.